The molecule has 168 valence electrons. The Morgan fingerprint density at radius 2 is 1.84 bits per heavy atom. The first-order valence-corrected chi connectivity index (χ1v) is 11.5. The topological polar surface area (TPSA) is 71.3 Å². The summed E-state index contributed by atoms with van der Waals surface area (Å²) in [6.45, 7) is 6.59. The molecule has 6 nitrogen and oxygen atoms in total. The Hall–Kier alpha value is -2.99. The number of likely N-dealkylation sites (tertiary alicyclic amines) is 1. The van der Waals surface area contributed by atoms with E-state index >= 15 is 0 Å². The standard InChI is InChI=1S/C26H32N4O2/c1-19(2)16-23(20-10-5-3-6-11-20)27-26(31)22-14-9-15-30(17-22)18-24-28-25(29-32-24)21-12-7-4-8-13-21/h3-8,10-13,19,22-23H,9,14-18H2,1-2H3,(H,27,31). The van der Waals surface area contributed by atoms with Crippen molar-refractivity contribution in [2.45, 2.75) is 45.7 Å². The van der Waals surface area contributed by atoms with E-state index in [2.05, 4.69) is 46.3 Å². The van der Waals surface area contributed by atoms with Gasteiger partial charge in [0.1, 0.15) is 0 Å². The summed E-state index contributed by atoms with van der Waals surface area (Å²) in [5.41, 5.74) is 2.11. The number of nitrogens with one attached hydrogen (secondary N) is 1. The molecule has 2 unspecified atom stereocenters. The van der Waals surface area contributed by atoms with Gasteiger partial charge in [-0.2, -0.15) is 4.98 Å². The van der Waals surface area contributed by atoms with E-state index in [-0.39, 0.29) is 17.9 Å². The van der Waals surface area contributed by atoms with Gasteiger partial charge in [0, 0.05) is 12.1 Å². The zero-order chi connectivity index (χ0) is 22.3. The Bertz CT molecular complexity index is 987. The third-order valence-electron chi connectivity index (χ3n) is 5.96. The van der Waals surface area contributed by atoms with Crippen LogP contribution in [0.15, 0.2) is 65.2 Å². The Morgan fingerprint density at radius 1 is 1.12 bits per heavy atom. The summed E-state index contributed by atoms with van der Waals surface area (Å²) >= 11 is 0. The van der Waals surface area contributed by atoms with E-state index in [1.807, 2.05) is 48.5 Å². The molecule has 0 bridgehead atoms. The zero-order valence-corrected chi connectivity index (χ0v) is 18.9. The van der Waals surface area contributed by atoms with Crippen LogP contribution in [-0.2, 0) is 11.3 Å². The quantitative estimate of drug-likeness (QED) is 0.551. The van der Waals surface area contributed by atoms with Gasteiger partial charge >= 0.3 is 0 Å². The molecule has 1 saturated heterocycles. The molecule has 1 amide bonds. The van der Waals surface area contributed by atoms with Crippen LogP contribution in [-0.4, -0.2) is 34.0 Å². The second-order valence-corrected chi connectivity index (χ2v) is 9.05. The lowest BCUT2D eigenvalue weighted by molar-refractivity contribution is -0.127. The number of hydrogen-bond acceptors (Lipinski definition) is 5. The molecule has 0 aliphatic carbocycles. The fourth-order valence-electron chi connectivity index (χ4n) is 4.35. The summed E-state index contributed by atoms with van der Waals surface area (Å²) in [5, 5.41) is 7.44. The van der Waals surface area contributed by atoms with Gasteiger partial charge in [-0.05, 0) is 37.3 Å². The van der Waals surface area contributed by atoms with Gasteiger partial charge in [0.15, 0.2) is 0 Å². The van der Waals surface area contributed by atoms with Crippen molar-refractivity contribution < 1.29 is 9.32 Å². The molecule has 1 aliphatic rings. The van der Waals surface area contributed by atoms with E-state index < -0.39 is 0 Å². The van der Waals surface area contributed by atoms with Crippen molar-refractivity contribution >= 4 is 5.91 Å². The normalized spacial score (nSPS) is 17.9. The predicted octanol–water partition coefficient (Wildman–Crippen LogP) is 4.85. The minimum atomic E-state index is -0.0290. The molecule has 1 fully saturated rings. The Kier molecular flexibility index (Phi) is 7.32. The average Bonchev–Trinajstić information content (AvgIpc) is 3.28. The fraction of sp³-hybridized carbons (Fsp3) is 0.423. The second-order valence-electron chi connectivity index (χ2n) is 9.05. The van der Waals surface area contributed by atoms with Crippen molar-refractivity contribution in [3.05, 3.63) is 72.1 Å². The summed E-state index contributed by atoms with van der Waals surface area (Å²) in [6, 6.07) is 20.1. The first-order valence-electron chi connectivity index (χ1n) is 11.5. The molecule has 3 aromatic rings. The minimum absolute atomic E-state index is 0.0290. The van der Waals surface area contributed by atoms with Crippen molar-refractivity contribution in [3.8, 4) is 11.4 Å². The van der Waals surface area contributed by atoms with Crippen molar-refractivity contribution in [2.75, 3.05) is 13.1 Å². The number of benzene rings is 2. The van der Waals surface area contributed by atoms with Gasteiger partial charge < -0.3 is 9.84 Å². The maximum atomic E-state index is 13.2. The molecule has 1 N–H and O–H groups in total. The number of rotatable bonds is 8. The van der Waals surface area contributed by atoms with Gasteiger partial charge in [-0.15, -0.1) is 0 Å². The molecular weight excluding hydrogens is 400 g/mol. The number of aromatic nitrogens is 2. The van der Waals surface area contributed by atoms with Crippen LogP contribution in [0.5, 0.6) is 0 Å². The van der Waals surface area contributed by atoms with Crippen LogP contribution in [0.4, 0.5) is 0 Å². The van der Waals surface area contributed by atoms with E-state index in [1.165, 1.54) is 5.56 Å². The molecule has 32 heavy (non-hydrogen) atoms. The van der Waals surface area contributed by atoms with Gasteiger partial charge in [0.25, 0.3) is 0 Å². The van der Waals surface area contributed by atoms with Gasteiger partial charge in [-0.3, -0.25) is 9.69 Å². The van der Waals surface area contributed by atoms with Crippen molar-refractivity contribution in [3.63, 3.8) is 0 Å². The summed E-state index contributed by atoms with van der Waals surface area (Å²) < 4.78 is 5.48. The van der Waals surface area contributed by atoms with Crippen LogP contribution in [0.25, 0.3) is 11.4 Å². The van der Waals surface area contributed by atoms with Crippen LogP contribution < -0.4 is 5.32 Å². The Morgan fingerprint density at radius 3 is 2.56 bits per heavy atom. The lowest BCUT2D eigenvalue weighted by atomic mass is 9.93. The highest BCUT2D eigenvalue weighted by Crippen LogP contribution is 2.24. The molecule has 6 heteroatoms. The monoisotopic (exact) mass is 432 g/mol. The SMILES string of the molecule is CC(C)CC(NC(=O)C1CCCN(Cc2nc(-c3ccccc3)no2)C1)c1ccccc1. The lowest BCUT2D eigenvalue weighted by Crippen LogP contribution is -2.43. The maximum absolute atomic E-state index is 13.2. The number of nitrogens with zero attached hydrogens (tertiary/aromatic N) is 3. The van der Waals surface area contributed by atoms with Crippen LogP contribution in [0.3, 0.4) is 0 Å². The third kappa shape index (κ3) is 5.82. The highest BCUT2D eigenvalue weighted by Gasteiger charge is 2.28. The average molecular weight is 433 g/mol. The fourth-order valence-corrected chi connectivity index (χ4v) is 4.35. The molecule has 0 radical (unpaired) electrons. The van der Waals surface area contributed by atoms with Gasteiger partial charge in [0.05, 0.1) is 18.5 Å². The number of piperidine rings is 1. The molecule has 2 heterocycles. The predicted molar refractivity (Wildman–Crippen MR) is 125 cm³/mol. The molecule has 4 rings (SSSR count). The summed E-state index contributed by atoms with van der Waals surface area (Å²) in [4.78, 5) is 20.0. The summed E-state index contributed by atoms with van der Waals surface area (Å²) in [7, 11) is 0. The molecule has 2 atom stereocenters. The number of carbonyl (C=O) groups excluding carboxylic acids is 1. The van der Waals surface area contributed by atoms with Crippen LogP contribution >= 0.6 is 0 Å². The molecule has 0 spiro atoms. The summed E-state index contributed by atoms with van der Waals surface area (Å²) in [6.07, 6.45) is 2.82. The summed E-state index contributed by atoms with van der Waals surface area (Å²) in [5.74, 6) is 1.80. The number of amides is 1. The van der Waals surface area contributed by atoms with E-state index in [0.29, 0.717) is 30.7 Å². The van der Waals surface area contributed by atoms with Crippen molar-refractivity contribution in [2.24, 2.45) is 11.8 Å². The Balaban J connectivity index is 1.37. The molecular formula is C26H32N4O2. The van der Waals surface area contributed by atoms with Crippen LogP contribution in [0.1, 0.15) is 50.6 Å². The first-order chi connectivity index (χ1) is 15.6. The smallest absolute Gasteiger partial charge is 0.241 e. The van der Waals surface area contributed by atoms with E-state index in [0.717, 1.165) is 31.4 Å². The molecule has 0 saturated carbocycles. The molecule has 2 aromatic carbocycles. The lowest BCUT2D eigenvalue weighted by Gasteiger charge is -2.32. The van der Waals surface area contributed by atoms with Gasteiger partial charge in [-0.1, -0.05) is 79.7 Å². The second kappa shape index (κ2) is 10.6. The zero-order valence-electron chi connectivity index (χ0n) is 18.9. The van der Waals surface area contributed by atoms with Crippen molar-refractivity contribution in [1.82, 2.24) is 20.4 Å². The number of carbonyl (C=O) groups is 1. The highest BCUT2D eigenvalue weighted by molar-refractivity contribution is 5.79. The van der Waals surface area contributed by atoms with Crippen molar-refractivity contribution in [1.29, 1.82) is 0 Å². The van der Waals surface area contributed by atoms with Gasteiger partial charge in [0.2, 0.25) is 17.6 Å². The van der Waals surface area contributed by atoms with Crippen LogP contribution in [0, 0.1) is 11.8 Å². The Labute approximate surface area is 190 Å². The van der Waals surface area contributed by atoms with Gasteiger partial charge in [-0.25, -0.2) is 0 Å². The van der Waals surface area contributed by atoms with E-state index in [1.54, 1.807) is 0 Å². The van der Waals surface area contributed by atoms with Crippen LogP contribution in [0.2, 0.25) is 0 Å². The van der Waals surface area contributed by atoms with E-state index in [9.17, 15) is 4.79 Å². The largest absolute Gasteiger partial charge is 0.349 e. The maximum Gasteiger partial charge on any atom is 0.241 e. The van der Waals surface area contributed by atoms with E-state index in [4.69, 9.17) is 4.52 Å². The highest BCUT2D eigenvalue weighted by atomic mass is 16.5. The minimum Gasteiger partial charge on any atom is -0.349 e. The molecule has 1 aromatic heterocycles. The third-order valence-corrected chi connectivity index (χ3v) is 5.96. The first kappa shape index (κ1) is 22.2. The molecule has 1 aliphatic heterocycles. The number of hydrogen-bond donors (Lipinski definition) is 1.